The molecule has 198 valence electrons. The van der Waals surface area contributed by atoms with Crippen molar-refractivity contribution in [1.82, 2.24) is 18.7 Å². The molecule has 3 heterocycles. The third-order valence-electron chi connectivity index (χ3n) is 6.56. The summed E-state index contributed by atoms with van der Waals surface area (Å²) in [5.74, 6) is -0.182. The normalized spacial score (nSPS) is 15.8. The minimum atomic E-state index is -3.04. The van der Waals surface area contributed by atoms with E-state index in [2.05, 4.69) is 9.72 Å². The van der Waals surface area contributed by atoms with Crippen molar-refractivity contribution in [2.45, 2.75) is 32.0 Å². The monoisotopic (exact) mass is 524 g/mol. The van der Waals surface area contributed by atoms with Crippen LogP contribution in [0, 0.1) is 0 Å². The summed E-state index contributed by atoms with van der Waals surface area (Å²) in [5, 5.41) is 0. The first-order valence-corrected chi connectivity index (χ1v) is 12.1. The second-order valence-electron chi connectivity index (χ2n) is 9.17. The largest absolute Gasteiger partial charge is 0.435 e. The van der Waals surface area contributed by atoms with Crippen molar-refractivity contribution >= 4 is 22.9 Å². The molecule has 1 aliphatic rings. The highest BCUT2D eigenvalue weighted by Gasteiger charge is 2.28. The van der Waals surface area contributed by atoms with E-state index < -0.39 is 30.2 Å². The number of rotatable bonds is 7. The number of benzene rings is 2. The zero-order valence-electron chi connectivity index (χ0n) is 20.6. The number of anilines is 1. The Bertz CT molecular complexity index is 1610. The molecule has 0 spiro atoms. The van der Waals surface area contributed by atoms with Gasteiger partial charge < -0.3 is 15.4 Å². The maximum absolute atomic E-state index is 13.8. The average molecular weight is 525 g/mol. The van der Waals surface area contributed by atoms with Gasteiger partial charge in [-0.05, 0) is 25.0 Å². The van der Waals surface area contributed by atoms with Crippen molar-refractivity contribution in [2.75, 3.05) is 18.0 Å². The summed E-state index contributed by atoms with van der Waals surface area (Å²) in [5.41, 5.74) is 5.58. The molecule has 0 amide bonds. The lowest BCUT2D eigenvalue weighted by atomic mass is 10.1. The first-order valence-electron chi connectivity index (χ1n) is 12.1. The van der Waals surface area contributed by atoms with Gasteiger partial charge in [-0.3, -0.25) is 23.3 Å². The van der Waals surface area contributed by atoms with Crippen molar-refractivity contribution < 1.29 is 18.3 Å². The molecular formula is C26H26F2N6O4. The molecule has 2 aromatic carbocycles. The minimum absolute atomic E-state index is 0.0244. The van der Waals surface area contributed by atoms with Gasteiger partial charge in [0.05, 0.1) is 12.2 Å². The molecule has 10 nitrogen and oxygen atoms in total. The summed E-state index contributed by atoms with van der Waals surface area (Å²) in [6.07, 6.45) is 1.61. The SMILES string of the molecule is Cn1c(=O)n(CC(=O)c2ccccc2)c(=O)c2c1nc(N1CCCC(N)C1)n2-c1cccc(OC(F)F)c1. The second kappa shape index (κ2) is 10.2. The van der Waals surface area contributed by atoms with Gasteiger partial charge in [0, 0.05) is 37.8 Å². The Morgan fingerprint density at radius 1 is 1.16 bits per heavy atom. The molecule has 2 N–H and O–H groups in total. The Labute approximate surface area is 215 Å². The van der Waals surface area contributed by atoms with Gasteiger partial charge in [-0.25, -0.2) is 4.79 Å². The van der Waals surface area contributed by atoms with Crippen LogP contribution < -0.4 is 26.6 Å². The number of piperidine rings is 1. The van der Waals surface area contributed by atoms with Crippen LogP contribution in [0.2, 0.25) is 0 Å². The Hall–Kier alpha value is -4.32. The van der Waals surface area contributed by atoms with Crippen LogP contribution in [0.15, 0.2) is 64.2 Å². The van der Waals surface area contributed by atoms with E-state index in [0.717, 1.165) is 17.4 Å². The predicted molar refractivity (Wildman–Crippen MR) is 137 cm³/mol. The number of ether oxygens (including phenoxy) is 1. The maximum atomic E-state index is 13.8. The minimum Gasteiger partial charge on any atom is -0.435 e. The molecule has 1 unspecified atom stereocenters. The van der Waals surface area contributed by atoms with Crippen LogP contribution in [-0.4, -0.2) is 50.2 Å². The van der Waals surface area contributed by atoms with E-state index in [1.807, 2.05) is 4.90 Å². The molecule has 1 fully saturated rings. The quantitative estimate of drug-likeness (QED) is 0.369. The molecule has 5 rings (SSSR count). The molecule has 0 aliphatic carbocycles. The topological polar surface area (TPSA) is 117 Å². The van der Waals surface area contributed by atoms with E-state index >= 15 is 0 Å². The third kappa shape index (κ3) is 4.70. The number of carbonyl (C=O) groups is 1. The molecule has 2 aromatic heterocycles. The number of nitrogens with zero attached hydrogens (tertiary/aromatic N) is 5. The smallest absolute Gasteiger partial charge is 0.387 e. The van der Waals surface area contributed by atoms with E-state index in [9.17, 15) is 23.2 Å². The van der Waals surface area contributed by atoms with Crippen LogP contribution in [0.4, 0.5) is 14.7 Å². The van der Waals surface area contributed by atoms with Gasteiger partial charge in [0.25, 0.3) is 5.56 Å². The first-order chi connectivity index (χ1) is 18.2. The number of imidazole rings is 1. The molecule has 1 saturated heterocycles. The summed E-state index contributed by atoms with van der Waals surface area (Å²) >= 11 is 0. The van der Waals surface area contributed by atoms with Gasteiger partial charge in [0.15, 0.2) is 16.9 Å². The van der Waals surface area contributed by atoms with Crippen LogP contribution in [0.25, 0.3) is 16.9 Å². The summed E-state index contributed by atoms with van der Waals surface area (Å²) in [7, 11) is 1.47. The number of hydrogen-bond acceptors (Lipinski definition) is 7. The zero-order valence-corrected chi connectivity index (χ0v) is 20.6. The van der Waals surface area contributed by atoms with Crippen molar-refractivity contribution in [3.8, 4) is 11.4 Å². The van der Waals surface area contributed by atoms with E-state index in [4.69, 9.17) is 5.73 Å². The van der Waals surface area contributed by atoms with Crippen LogP contribution in [-0.2, 0) is 13.6 Å². The average Bonchev–Trinajstić information content (AvgIpc) is 3.31. The molecule has 4 aromatic rings. The third-order valence-corrected chi connectivity index (χ3v) is 6.56. The highest BCUT2D eigenvalue weighted by atomic mass is 19.3. The number of hydrogen-bond donors (Lipinski definition) is 1. The number of carbonyl (C=O) groups excluding carboxylic acids is 1. The number of nitrogens with two attached hydrogens (primary N) is 1. The molecule has 1 atom stereocenters. The van der Waals surface area contributed by atoms with Crippen LogP contribution in [0.5, 0.6) is 5.75 Å². The van der Waals surface area contributed by atoms with Crippen LogP contribution >= 0.6 is 0 Å². The number of ketones is 1. The number of alkyl halides is 2. The van der Waals surface area contributed by atoms with E-state index in [1.165, 1.54) is 34.4 Å². The van der Waals surface area contributed by atoms with Crippen LogP contribution in [0.1, 0.15) is 23.2 Å². The fraction of sp³-hybridized carbons (Fsp3) is 0.308. The van der Waals surface area contributed by atoms with Gasteiger partial charge in [-0.2, -0.15) is 13.8 Å². The molecule has 0 radical (unpaired) electrons. The summed E-state index contributed by atoms with van der Waals surface area (Å²) in [6.45, 7) is -2.47. The van der Waals surface area contributed by atoms with Crippen molar-refractivity contribution in [1.29, 1.82) is 0 Å². The fourth-order valence-electron chi connectivity index (χ4n) is 4.75. The van der Waals surface area contributed by atoms with Crippen molar-refractivity contribution in [3.63, 3.8) is 0 Å². The fourth-order valence-corrected chi connectivity index (χ4v) is 4.75. The summed E-state index contributed by atoms with van der Waals surface area (Å²) in [4.78, 5) is 46.5. The lowest BCUT2D eigenvalue weighted by molar-refractivity contribution is -0.0498. The Morgan fingerprint density at radius 3 is 2.63 bits per heavy atom. The summed E-state index contributed by atoms with van der Waals surface area (Å²) < 4.78 is 34.1. The van der Waals surface area contributed by atoms with Gasteiger partial charge in [0.2, 0.25) is 5.95 Å². The molecule has 12 heteroatoms. The predicted octanol–water partition coefficient (Wildman–Crippen LogP) is 2.30. The molecular weight excluding hydrogens is 498 g/mol. The van der Waals surface area contributed by atoms with Crippen molar-refractivity contribution in [3.05, 3.63) is 81.0 Å². The number of fused-ring (bicyclic) bond motifs is 1. The molecule has 1 aliphatic heterocycles. The second-order valence-corrected chi connectivity index (χ2v) is 9.17. The molecule has 38 heavy (non-hydrogen) atoms. The highest BCUT2D eigenvalue weighted by Crippen LogP contribution is 2.29. The van der Waals surface area contributed by atoms with Gasteiger partial charge in [0.1, 0.15) is 5.75 Å². The standard InChI is InChI=1S/C26H26F2N6O4/c1-31-22-21(23(36)33(26(31)37)15-20(35)16-7-3-2-4-8-16)34(18-10-5-11-19(13-18)38-24(27)28)25(30-22)32-12-6-9-17(29)14-32/h2-5,7-8,10-11,13,17,24H,6,9,12,14-15,29H2,1H3. The Balaban J connectivity index is 1.74. The van der Waals surface area contributed by atoms with Crippen LogP contribution in [0.3, 0.4) is 0 Å². The highest BCUT2D eigenvalue weighted by molar-refractivity contribution is 5.96. The number of halogens is 2. The van der Waals surface area contributed by atoms with Crippen molar-refractivity contribution in [2.24, 2.45) is 12.8 Å². The zero-order chi connectivity index (χ0) is 27.0. The van der Waals surface area contributed by atoms with E-state index in [-0.39, 0.29) is 23.0 Å². The Kier molecular flexibility index (Phi) is 6.81. The number of aromatic nitrogens is 4. The number of Topliss-reactive ketones (excluding diaryl/α,β-unsaturated/α-hetero) is 1. The molecule has 0 bridgehead atoms. The first kappa shape index (κ1) is 25.3. The lowest BCUT2D eigenvalue weighted by Crippen LogP contribution is -2.44. The van der Waals surface area contributed by atoms with E-state index in [0.29, 0.717) is 30.3 Å². The molecule has 0 saturated carbocycles. The maximum Gasteiger partial charge on any atom is 0.387 e. The van der Waals surface area contributed by atoms with Gasteiger partial charge in [-0.15, -0.1) is 0 Å². The van der Waals surface area contributed by atoms with E-state index in [1.54, 1.807) is 36.4 Å². The van der Waals surface area contributed by atoms with Gasteiger partial charge >= 0.3 is 12.3 Å². The lowest BCUT2D eigenvalue weighted by Gasteiger charge is -2.31. The summed E-state index contributed by atoms with van der Waals surface area (Å²) in [6, 6.07) is 14.1. The number of aryl methyl sites for hydroxylation is 1. The Morgan fingerprint density at radius 2 is 1.92 bits per heavy atom. The van der Waals surface area contributed by atoms with Gasteiger partial charge in [-0.1, -0.05) is 36.4 Å².